The van der Waals surface area contributed by atoms with Crippen molar-refractivity contribution in [1.29, 1.82) is 0 Å². The topological polar surface area (TPSA) is 20.2 Å². The Morgan fingerprint density at radius 2 is 2.00 bits per heavy atom. The van der Waals surface area contributed by atoms with Crippen molar-refractivity contribution in [2.75, 3.05) is 5.75 Å². The minimum atomic E-state index is -0.277. The van der Waals surface area contributed by atoms with Gasteiger partial charge in [-0.1, -0.05) is 23.8 Å². The predicted molar refractivity (Wildman–Crippen MR) is 76.8 cm³/mol. The van der Waals surface area contributed by atoms with Gasteiger partial charge in [0.2, 0.25) is 0 Å². The van der Waals surface area contributed by atoms with Gasteiger partial charge in [-0.2, -0.15) is 0 Å². The summed E-state index contributed by atoms with van der Waals surface area (Å²) in [4.78, 5) is 1.25. The van der Waals surface area contributed by atoms with Gasteiger partial charge in [-0.05, 0) is 56.2 Å². The van der Waals surface area contributed by atoms with Crippen molar-refractivity contribution >= 4 is 23.4 Å². The van der Waals surface area contributed by atoms with E-state index in [1.807, 2.05) is 55.1 Å². The average Bonchev–Trinajstić information content (AvgIpc) is 2.31. The average molecular weight is 271 g/mol. The molecule has 1 nitrogen and oxygen atoms in total. The van der Waals surface area contributed by atoms with Gasteiger partial charge in [-0.25, -0.2) is 0 Å². The summed E-state index contributed by atoms with van der Waals surface area (Å²) in [5.74, 6) is 1.09. The molecule has 0 unspecified atom stereocenters. The fourth-order valence-corrected chi connectivity index (χ4v) is 2.53. The van der Waals surface area contributed by atoms with Crippen molar-refractivity contribution in [3.63, 3.8) is 0 Å². The first kappa shape index (κ1) is 14.6. The Labute approximate surface area is 113 Å². The van der Waals surface area contributed by atoms with Gasteiger partial charge in [0.05, 0.1) is 6.10 Å². The van der Waals surface area contributed by atoms with Crippen LogP contribution in [0.3, 0.4) is 0 Å². The number of hydrogen-bond acceptors (Lipinski definition) is 2. The van der Waals surface area contributed by atoms with Gasteiger partial charge in [0.25, 0.3) is 0 Å². The highest BCUT2D eigenvalue weighted by Crippen LogP contribution is 2.21. The number of unbranched alkanes of at least 4 members (excludes halogenated alkanes) is 1. The van der Waals surface area contributed by atoms with Crippen LogP contribution in [-0.2, 0) is 0 Å². The van der Waals surface area contributed by atoms with Crippen LogP contribution in [0.5, 0.6) is 0 Å². The van der Waals surface area contributed by atoms with E-state index in [0.717, 1.165) is 30.0 Å². The van der Waals surface area contributed by atoms with E-state index in [0.29, 0.717) is 0 Å². The molecule has 0 radical (unpaired) electrons. The Morgan fingerprint density at radius 1 is 1.29 bits per heavy atom. The predicted octanol–water partition coefficient (Wildman–Crippen LogP) is 4.54. The normalized spacial score (nSPS) is 13.1. The van der Waals surface area contributed by atoms with E-state index >= 15 is 0 Å². The zero-order valence-electron chi connectivity index (χ0n) is 10.1. The molecule has 94 valence electrons. The number of allylic oxidation sites excluding steroid dienone is 1. The van der Waals surface area contributed by atoms with Crippen molar-refractivity contribution in [2.24, 2.45) is 0 Å². The Balaban J connectivity index is 2.10. The molecule has 0 aliphatic rings. The second-order valence-corrected chi connectivity index (χ2v) is 5.50. The first-order valence-electron chi connectivity index (χ1n) is 5.91. The molecule has 1 rings (SSSR count). The summed E-state index contributed by atoms with van der Waals surface area (Å²) in [5, 5.41) is 10.3. The molecular formula is C14H19ClOS. The molecule has 0 aliphatic carbocycles. The second-order valence-electron chi connectivity index (χ2n) is 3.89. The lowest BCUT2D eigenvalue weighted by Crippen LogP contribution is -2.01. The van der Waals surface area contributed by atoms with Gasteiger partial charge in [0.1, 0.15) is 0 Å². The maximum atomic E-state index is 9.49. The second kappa shape index (κ2) is 8.62. The van der Waals surface area contributed by atoms with Crippen LogP contribution in [0.25, 0.3) is 0 Å². The molecule has 3 heteroatoms. The summed E-state index contributed by atoms with van der Waals surface area (Å²) in [6.07, 6.45) is 6.50. The fourth-order valence-electron chi connectivity index (χ4n) is 1.49. The summed E-state index contributed by atoms with van der Waals surface area (Å²) >= 11 is 7.65. The molecule has 0 heterocycles. The van der Waals surface area contributed by atoms with E-state index in [1.54, 1.807) is 0 Å². The number of halogens is 1. The van der Waals surface area contributed by atoms with Crippen LogP contribution < -0.4 is 0 Å². The number of benzene rings is 1. The molecule has 0 saturated heterocycles. The van der Waals surface area contributed by atoms with Crippen LogP contribution in [0.1, 0.15) is 26.2 Å². The van der Waals surface area contributed by atoms with Gasteiger partial charge in [-0.15, -0.1) is 11.8 Å². The molecule has 1 aromatic rings. The number of thioether (sulfide) groups is 1. The highest BCUT2D eigenvalue weighted by Gasteiger charge is 1.99. The minimum Gasteiger partial charge on any atom is -0.389 e. The monoisotopic (exact) mass is 270 g/mol. The molecule has 0 aliphatic heterocycles. The number of aliphatic hydroxyl groups excluding tert-OH is 1. The highest BCUT2D eigenvalue weighted by atomic mass is 35.5. The van der Waals surface area contributed by atoms with Crippen molar-refractivity contribution in [3.05, 3.63) is 41.4 Å². The fraction of sp³-hybridized carbons (Fsp3) is 0.429. The maximum absolute atomic E-state index is 9.49. The highest BCUT2D eigenvalue weighted by molar-refractivity contribution is 7.99. The van der Waals surface area contributed by atoms with Crippen LogP contribution in [0, 0.1) is 0 Å². The van der Waals surface area contributed by atoms with Crippen molar-refractivity contribution in [2.45, 2.75) is 37.2 Å². The van der Waals surface area contributed by atoms with Gasteiger partial charge < -0.3 is 5.11 Å². The molecule has 1 N–H and O–H groups in total. The van der Waals surface area contributed by atoms with Crippen LogP contribution in [-0.4, -0.2) is 17.0 Å². The Morgan fingerprint density at radius 3 is 2.65 bits per heavy atom. The van der Waals surface area contributed by atoms with E-state index in [9.17, 15) is 5.11 Å². The molecular weight excluding hydrogens is 252 g/mol. The molecule has 0 aromatic heterocycles. The largest absolute Gasteiger partial charge is 0.389 e. The zero-order valence-corrected chi connectivity index (χ0v) is 11.7. The number of hydrogen-bond donors (Lipinski definition) is 1. The summed E-state index contributed by atoms with van der Waals surface area (Å²) < 4.78 is 0. The SMILES string of the molecule is CC=C[C@@H](O)CCCCSc1ccc(Cl)cc1. The lowest BCUT2D eigenvalue weighted by Gasteiger charge is -2.05. The van der Waals surface area contributed by atoms with Crippen molar-refractivity contribution in [1.82, 2.24) is 0 Å². The van der Waals surface area contributed by atoms with E-state index < -0.39 is 0 Å². The lowest BCUT2D eigenvalue weighted by molar-refractivity contribution is 0.209. The van der Waals surface area contributed by atoms with Gasteiger partial charge in [-0.3, -0.25) is 0 Å². The molecule has 0 saturated carbocycles. The zero-order chi connectivity index (χ0) is 12.5. The first-order valence-corrected chi connectivity index (χ1v) is 7.28. The molecule has 0 fully saturated rings. The van der Waals surface area contributed by atoms with Gasteiger partial charge in [0.15, 0.2) is 0 Å². The van der Waals surface area contributed by atoms with E-state index in [2.05, 4.69) is 0 Å². The summed E-state index contributed by atoms with van der Waals surface area (Å²) in [6.45, 7) is 1.93. The molecule has 1 aromatic carbocycles. The van der Waals surface area contributed by atoms with Crippen LogP contribution in [0.15, 0.2) is 41.3 Å². The number of aliphatic hydroxyl groups is 1. The smallest absolute Gasteiger partial charge is 0.0720 e. The maximum Gasteiger partial charge on any atom is 0.0720 e. The summed E-state index contributed by atoms with van der Waals surface area (Å²) in [6, 6.07) is 7.92. The summed E-state index contributed by atoms with van der Waals surface area (Å²) in [7, 11) is 0. The molecule has 1 atom stereocenters. The third kappa shape index (κ3) is 6.77. The quantitative estimate of drug-likeness (QED) is 0.446. The molecule has 0 bridgehead atoms. The van der Waals surface area contributed by atoms with E-state index in [-0.39, 0.29) is 6.10 Å². The van der Waals surface area contributed by atoms with E-state index in [4.69, 9.17) is 11.6 Å². The lowest BCUT2D eigenvalue weighted by atomic mass is 10.1. The van der Waals surface area contributed by atoms with Crippen LogP contribution >= 0.6 is 23.4 Å². The standard InChI is InChI=1S/C14H19ClOS/c1-2-5-13(16)6-3-4-11-17-14-9-7-12(15)8-10-14/h2,5,7-10,13,16H,3-4,6,11H2,1H3/t13-/m1/s1. The Hall–Kier alpha value is -0.440. The minimum absolute atomic E-state index is 0.277. The van der Waals surface area contributed by atoms with Gasteiger partial charge >= 0.3 is 0 Å². The Bertz CT molecular complexity index is 335. The molecule has 17 heavy (non-hydrogen) atoms. The number of rotatable bonds is 7. The first-order chi connectivity index (χ1) is 8.22. The van der Waals surface area contributed by atoms with E-state index in [1.165, 1.54) is 4.90 Å². The van der Waals surface area contributed by atoms with Crippen LogP contribution in [0.2, 0.25) is 5.02 Å². The third-order valence-electron chi connectivity index (χ3n) is 2.39. The summed E-state index contributed by atoms with van der Waals surface area (Å²) in [5.41, 5.74) is 0. The van der Waals surface area contributed by atoms with Gasteiger partial charge in [0, 0.05) is 9.92 Å². The van der Waals surface area contributed by atoms with Crippen molar-refractivity contribution in [3.8, 4) is 0 Å². The molecule has 0 amide bonds. The third-order valence-corrected chi connectivity index (χ3v) is 3.74. The Kier molecular flexibility index (Phi) is 7.41. The van der Waals surface area contributed by atoms with Crippen LogP contribution in [0.4, 0.5) is 0 Å². The molecule has 0 spiro atoms. The van der Waals surface area contributed by atoms with Crippen molar-refractivity contribution < 1.29 is 5.11 Å².